The maximum atomic E-state index is 9.83. The summed E-state index contributed by atoms with van der Waals surface area (Å²) in [5.74, 6) is 1.61. The van der Waals surface area contributed by atoms with Crippen molar-refractivity contribution in [2.75, 3.05) is 4.90 Å². The Morgan fingerprint density at radius 2 is 1.27 bits per heavy atom. The van der Waals surface area contributed by atoms with Crippen LogP contribution in [0.15, 0.2) is 174 Å². The highest BCUT2D eigenvalue weighted by Crippen LogP contribution is 2.65. The van der Waals surface area contributed by atoms with Gasteiger partial charge < -0.3 is 14.2 Å². The van der Waals surface area contributed by atoms with Gasteiger partial charge in [0.1, 0.15) is 0 Å². The van der Waals surface area contributed by atoms with Gasteiger partial charge in [0.25, 0.3) is 0 Å². The minimum Gasteiger partial charge on any atom is -0.453 e. The number of rotatable bonds is 2. The second-order valence-corrected chi connectivity index (χ2v) is 15.1. The topological polar surface area (TPSA) is 67.0 Å². The quantitative estimate of drug-likeness (QED) is 0.177. The van der Waals surface area contributed by atoms with E-state index in [-0.39, 0.29) is 0 Å². The average molecular weight is 722 g/mol. The van der Waals surface area contributed by atoms with Gasteiger partial charge in [0.05, 0.1) is 68.4 Å². The molecule has 0 fully saturated rings. The molecule has 1 atom stereocenters. The Balaban J connectivity index is 1.21. The van der Waals surface area contributed by atoms with E-state index in [0.717, 1.165) is 78.6 Å². The second kappa shape index (κ2) is 11.2. The van der Waals surface area contributed by atoms with Gasteiger partial charge in [0.15, 0.2) is 11.5 Å². The second-order valence-electron chi connectivity index (χ2n) is 14.1. The van der Waals surface area contributed by atoms with Crippen LogP contribution < -0.4 is 9.64 Å². The van der Waals surface area contributed by atoms with E-state index in [1.54, 1.807) is 0 Å². The number of pyridine rings is 2. The number of hydrogen-bond acceptors (Lipinski definition) is 6. The molecule has 6 aromatic carbocycles. The Hall–Kier alpha value is -7.14. The summed E-state index contributed by atoms with van der Waals surface area (Å²) in [4.78, 5) is 15.2. The molecule has 55 heavy (non-hydrogen) atoms. The van der Waals surface area contributed by atoms with Crippen molar-refractivity contribution in [2.45, 2.75) is 15.2 Å². The van der Waals surface area contributed by atoms with Crippen molar-refractivity contribution < 1.29 is 4.74 Å². The van der Waals surface area contributed by atoms with E-state index in [0.29, 0.717) is 5.56 Å². The third-order valence-corrected chi connectivity index (χ3v) is 12.5. The summed E-state index contributed by atoms with van der Waals surface area (Å²) in [6, 6.07) is 55.3. The lowest BCUT2D eigenvalue weighted by molar-refractivity contribution is 0.476. The number of anilines is 3. The molecule has 5 heterocycles. The summed E-state index contributed by atoms with van der Waals surface area (Å²) in [5.41, 5.74) is 12.2. The molecular weight excluding hydrogens is 695 g/mol. The van der Waals surface area contributed by atoms with Crippen LogP contribution in [0.1, 0.15) is 27.8 Å². The molecule has 7 heteroatoms. The number of para-hydroxylation sites is 5. The van der Waals surface area contributed by atoms with Gasteiger partial charge in [-0.25, -0.2) is 0 Å². The van der Waals surface area contributed by atoms with Gasteiger partial charge in [-0.2, -0.15) is 5.26 Å². The number of nitrogens with zero attached hydrogens (tertiary/aromatic N) is 5. The normalized spacial score (nSPS) is 15.7. The van der Waals surface area contributed by atoms with Gasteiger partial charge in [-0.15, -0.1) is 0 Å². The van der Waals surface area contributed by atoms with E-state index >= 15 is 0 Å². The zero-order valence-corrected chi connectivity index (χ0v) is 30.0. The van der Waals surface area contributed by atoms with E-state index in [4.69, 9.17) is 14.7 Å². The molecule has 9 aromatic rings. The first-order valence-electron chi connectivity index (χ1n) is 18.2. The zero-order chi connectivity index (χ0) is 36.3. The number of nitriles is 1. The molecule has 0 saturated carbocycles. The summed E-state index contributed by atoms with van der Waals surface area (Å²) < 4.78 is 8.80. The highest BCUT2D eigenvalue weighted by molar-refractivity contribution is 7.99. The van der Waals surface area contributed by atoms with Crippen LogP contribution in [0.25, 0.3) is 38.9 Å². The summed E-state index contributed by atoms with van der Waals surface area (Å²) in [7, 11) is 0. The molecule has 1 aliphatic carbocycles. The Morgan fingerprint density at radius 3 is 2.13 bits per heavy atom. The predicted molar refractivity (Wildman–Crippen MR) is 217 cm³/mol. The highest BCUT2D eigenvalue weighted by Gasteiger charge is 2.53. The van der Waals surface area contributed by atoms with Gasteiger partial charge in [-0.3, -0.25) is 9.97 Å². The van der Waals surface area contributed by atoms with Crippen molar-refractivity contribution in [3.8, 4) is 34.6 Å². The summed E-state index contributed by atoms with van der Waals surface area (Å²) in [6.07, 6.45) is 3.85. The molecule has 1 unspecified atom stereocenters. The van der Waals surface area contributed by atoms with Gasteiger partial charge in [-0.05, 0) is 90.0 Å². The third-order valence-electron chi connectivity index (χ3n) is 11.3. The van der Waals surface area contributed by atoms with E-state index in [9.17, 15) is 5.26 Å². The number of ether oxygens (including phenoxy) is 1. The van der Waals surface area contributed by atoms with Crippen LogP contribution in [0.2, 0.25) is 0 Å². The number of fused-ring (bicyclic) bond motifs is 14. The summed E-state index contributed by atoms with van der Waals surface area (Å²) in [6.45, 7) is 0. The van der Waals surface area contributed by atoms with E-state index in [2.05, 4.69) is 131 Å². The first-order valence-corrected chi connectivity index (χ1v) is 19.0. The molecule has 0 saturated heterocycles. The molecule has 12 rings (SSSR count). The van der Waals surface area contributed by atoms with E-state index in [1.807, 2.05) is 60.6 Å². The number of hydrogen-bond donors (Lipinski definition) is 0. The summed E-state index contributed by atoms with van der Waals surface area (Å²) >= 11 is 1.81. The first-order chi connectivity index (χ1) is 27.2. The third kappa shape index (κ3) is 3.98. The molecule has 3 aromatic heterocycles. The van der Waals surface area contributed by atoms with Gasteiger partial charge in [-0.1, -0.05) is 84.6 Å². The smallest absolute Gasteiger partial charge is 0.151 e. The lowest BCUT2D eigenvalue weighted by Crippen LogP contribution is -2.34. The van der Waals surface area contributed by atoms with Gasteiger partial charge >= 0.3 is 0 Å². The fourth-order valence-corrected chi connectivity index (χ4v) is 10.4. The molecule has 0 amide bonds. The van der Waals surface area contributed by atoms with E-state index < -0.39 is 5.41 Å². The Labute approximate surface area is 320 Å². The van der Waals surface area contributed by atoms with Crippen LogP contribution >= 0.6 is 11.8 Å². The average Bonchev–Trinajstić information content (AvgIpc) is 3.72. The molecule has 6 nitrogen and oxygen atoms in total. The Morgan fingerprint density at radius 1 is 0.582 bits per heavy atom. The van der Waals surface area contributed by atoms with E-state index in [1.165, 1.54) is 20.9 Å². The molecule has 0 bridgehead atoms. The lowest BCUT2D eigenvalue weighted by Gasteiger charge is -2.43. The van der Waals surface area contributed by atoms with Crippen LogP contribution in [0.3, 0.4) is 0 Å². The Kier molecular flexibility index (Phi) is 6.17. The van der Waals surface area contributed by atoms with Crippen molar-refractivity contribution in [3.05, 3.63) is 192 Å². The first kappa shape index (κ1) is 30.3. The monoisotopic (exact) mass is 721 g/mol. The Bertz CT molecular complexity index is 3120. The van der Waals surface area contributed by atoms with Gasteiger partial charge in [0, 0.05) is 37.9 Å². The molecule has 0 N–H and O–H groups in total. The largest absolute Gasteiger partial charge is 0.453 e. The van der Waals surface area contributed by atoms with Crippen LogP contribution in [-0.2, 0) is 5.41 Å². The molecule has 2 aliphatic heterocycles. The number of aromatic nitrogens is 3. The van der Waals surface area contributed by atoms with Crippen molar-refractivity contribution in [3.63, 3.8) is 0 Å². The minimum absolute atomic E-state index is 0.634. The molecule has 3 aliphatic rings. The molecule has 0 radical (unpaired) electrons. The maximum absolute atomic E-state index is 9.83. The van der Waals surface area contributed by atoms with Crippen LogP contribution in [0, 0.1) is 11.3 Å². The van der Waals surface area contributed by atoms with Crippen LogP contribution in [-0.4, -0.2) is 14.5 Å². The lowest BCUT2D eigenvalue weighted by atomic mass is 9.67. The number of benzene rings is 6. The van der Waals surface area contributed by atoms with Crippen molar-refractivity contribution in [1.29, 1.82) is 5.26 Å². The fraction of sp³-hybridized carbons (Fsp3) is 0.0208. The van der Waals surface area contributed by atoms with Crippen LogP contribution in [0.5, 0.6) is 11.5 Å². The standard InChI is InChI=1S/C48H27N5OS/c49-27-29-22-23-37-32(25-29)31-11-1-3-14-36(31)52(37)30-26-35-47(51-28-30)46-34(13-10-24-50-46)48(35)33-12-2-8-20-43(33)55-44-21-9-17-40(45(44)48)53-38-15-4-6-18-41(38)54-42-19-7-5-16-39(42)53/h1-26,28H. The predicted octanol–water partition coefficient (Wildman–Crippen LogP) is 11.8. The van der Waals surface area contributed by atoms with Crippen molar-refractivity contribution in [2.24, 2.45) is 0 Å². The zero-order valence-electron chi connectivity index (χ0n) is 29.1. The van der Waals surface area contributed by atoms with Gasteiger partial charge in [0.2, 0.25) is 0 Å². The van der Waals surface area contributed by atoms with Crippen LogP contribution in [0.4, 0.5) is 17.1 Å². The highest BCUT2D eigenvalue weighted by atomic mass is 32.2. The fourth-order valence-electron chi connectivity index (χ4n) is 9.22. The maximum Gasteiger partial charge on any atom is 0.151 e. The molecular formula is C48H27N5OS. The van der Waals surface area contributed by atoms with Crippen molar-refractivity contribution >= 4 is 50.6 Å². The SMILES string of the molecule is N#Cc1ccc2c(c1)c1ccccc1n2-c1cnc2c(c1)C1(c3ccccc3Sc3cccc(N4c5ccccc5Oc5ccccc54)c31)c1cccnc1-2. The summed E-state index contributed by atoms with van der Waals surface area (Å²) in [5, 5.41) is 11.9. The molecule has 1 spiro atoms. The molecule has 256 valence electrons. The minimum atomic E-state index is -0.773. The van der Waals surface area contributed by atoms with Crippen molar-refractivity contribution in [1.82, 2.24) is 14.5 Å².